The topological polar surface area (TPSA) is 109 Å². The zero-order valence-electron chi connectivity index (χ0n) is 10.3. The van der Waals surface area contributed by atoms with E-state index in [4.69, 9.17) is 5.73 Å². The number of hydrogen-bond acceptors (Lipinski definition) is 4. The highest BCUT2D eigenvalue weighted by Crippen LogP contribution is 2.24. The van der Waals surface area contributed by atoms with Crippen LogP contribution >= 0.6 is 0 Å². The molecule has 6 nitrogen and oxygen atoms in total. The number of carbonyl (C=O) groups excluding carboxylic acids is 2. The van der Waals surface area contributed by atoms with Crippen LogP contribution in [0.4, 0.5) is 0 Å². The summed E-state index contributed by atoms with van der Waals surface area (Å²) in [6, 6.07) is 5.12. The third-order valence-electron chi connectivity index (χ3n) is 3.41. The molecular weight excluding hydrogens is 248 g/mol. The standard InChI is InChI=1S/C13H14N2O4/c1-2-9-13(14,12(18)19)10(16)7-5-3-4-6-8(7)11(17)15-9/h3-6,9H,2,14H2,1H3,(H,15,17)(H,18,19). The van der Waals surface area contributed by atoms with Crippen LogP contribution in [0.1, 0.15) is 34.1 Å². The zero-order chi connectivity index (χ0) is 14.2. The molecule has 0 saturated heterocycles. The molecule has 0 radical (unpaired) electrons. The molecule has 0 aliphatic carbocycles. The number of aliphatic carboxylic acids is 1. The first kappa shape index (κ1) is 13.2. The average molecular weight is 262 g/mol. The van der Waals surface area contributed by atoms with Gasteiger partial charge in [0.15, 0.2) is 11.3 Å². The summed E-state index contributed by atoms with van der Waals surface area (Å²) in [6.45, 7) is 1.67. The van der Waals surface area contributed by atoms with E-state index in [-0.39, 0.29) is 17.5 Å². The van der Waals surface area contributed by atoms with Gasteiger partial charge in [0.05, 0.1) is 11.6 Å². The van der Waals surface area contributed by atoms with E-state index in [0.29, 0.717) is 0 Å². The van der Waals surface area contributed by atoms with E-state index < -0.39 is 29.2 Å². The third kappa shape index (κ3) is 1.80. The smallest absolute Gasteiger partial charge is 0.334 e. The van der Waals surface area contributed by atoms with Crippen LogP contribution in [-0.4, -0.2) is 34.3 Å². The molecule has 0 fully saturated rings. The van der Waals surface area contributed by atoms with Gasteiger partial charge in [0, 0.05) is 5.56 Å². The number of hydrogen-bond donors (Lipinski definition) is 3. The maximum Gasteiger partial charge on any atom is 0.334 e. The van der Waals surface area contributed by atoms with Crippen molar-refractivity contribution < 1.29 is 19.5 Å². The minimum absolute atomic E-state index is 0.0425. The minimum Gasteiger partial charge on any atom is -0.479 e. The third-order valence-corrected chi connectivity index (χ3v) is 3.41. The first-order chi connectivity index (χ1) is 8.92. The van der Waals surface area contributed by atoms with Crippen LogP contribution in [0.3, 0.4) is 0 Å². The molecule has 0 saturated carbocycles. The number of ketones is 1. The van der Waals surface area contributed by atoms with Gasteiger partial charge in [0.1, 0.15) is 0 Å². The van der Waals surface area contributed by atoms with Gasteiger partial charge in [-0.25, -0.2) is 4.79 Å². The molecule has 0 bridgehead atoms. The molecule has 1 aromatic rings. The van der Waals surface area contributed by atoms with E-state index in [1.807, 2.05) is 0 Å². The highest BCUT2D eigenvalue weighted by atomic mass is 16.4. The van der Waals surface area contributed by atoms with Crippen molar-refractivity contribution in [3.8, 4) is 0 Å². The summed E-state index contributed by atoms with van der Waals surface area (Å²) in [5.41, 5.74) is 3.87. The molecule has 6 heteroatoms. The molecule has 1 aliphatic heterocycles. The molecule has 1 amide bonds. The zero-order valence-corrected chi connectivity index (χ0v) is 10.3. The summed E-state index contributed by atoms with van der Waals surface area (Å²) < 4.78 is 0. The van der Waals surface area contributed by atoms with Crippen LogP contribution < -0.4 is 11.1 Å². The highest BCUT2D eigenvalue weighted by Gasteiger charge is 2.52. The second-order valence-corrected chi connectivity index (χ2v) is 4.48. The lowest BCUT2D eigenvalue weighted by atomic mass is 9.82. The molecule has 0 aromatic heterocycles. The van der Waals surface area contributed by atoms with Crippen molar-refractivity contribution >= 4 is 17.7 Å². The Morgan fingerprint density at radius 3 is 2.47 bits per heavy atom. The molecule has 1 aliphatic rings. The van der Waals surface area contributed by atoms with Crippen LogP contribution in [-0.2, 0) is 4.79 Å². The number of Topliss-reactive ketones (excluding diaryl/α,β-unsaturated/α-hetero) is 1. The first-order valence-electron chi connectivity index (χ1n) is 5.89. The van der Waals surface area contributed by atoms with E-state index in [2.05, 4.69) is 5.32 Å². The van der Waals surface area contributed by atoms with Crippen LogP contribution in [0.2, 0.25) is 0 Å². The predicted molar refractivity (Wildman–Crippen MR) is 66.9 cm³/mol. The molecule has 100 valence electrons. The van der Waals surface area contributed by atoms with Crippen LogP contribution in [0.15, 0.2) is 24.3 Å². The molecule has 1 aromatic carbocycles. The Morgan fingerprint density at radius 2 is 1.95 bits per heavy atom. The Labute approximate surface area is 109 Å². The summed E-state index contributed by atoms with van der Waals surface area (Å²) in [5.74, 6) is -2.67. The molecule has 0 spiro atoms. The molecule has 19 heavy (non-hydrogen) atoms. The lowest BCUT2D eigenvalue weighted by Crippen LogP contribution is -2.66. The highest BCUT2D eigenvalue weighted by molar-refractivity contribution is 6.22. The quantitative estimate of drug-likeness (QED) is 0.658. The van der Waals surface area contributed by atoms with Crippen molar-refractivity contribution in [1.29, 1.82) is 0 Å². The van der Waals surface area contributed by atoms with Crippen molar-refractivity contribution in [2.45, 2.75) is 24.9 Å². The Morgan fingerprint density at radius 1 is 1.37 bits per heavy atom. The summed E-state index contributed by atoms with van der Waals surface area (Å²) >= 11 is 0. The fourth-order valence-corrected chi connectivity index (χ4v) is 2.28. The van der Waals surface area contributed by atoms with Crippen LogP contribution in [0.5, 0.6) is 0 Å². The van der Waals surface area contributed by atoms with Crippen LogP contribution in [0.25, 0.3) is 0 Å². The number of rotatable bonds is 2. The number of benzene rings is 1. The van der Waals surface area contributed by atoms with E-state index in [0.717, 1.165) is 0 Å². The molecule has 2 rings (SSSR count). The number of fused-ring (bicyclic) bond motifs is 1. The number of nitrogens with one attached hydrogen (secondary N) is 1. The lowest BCUT2D eigenvalue weighted by Gasteiger charge is -2.29. The van der Waals surface area contributed by atoms with Gasteiger partial charge in [0.2, 0.25) is 0 Å². The van der Waals surface area contributed by atoms with Crippen molar-refractivity contribution in [3.63, 3.8) is 0 Å². The van der Waals surface area contributed by atoms with Crippen molar-refractivity contribution in [1.82, 2.24) is 5.32 Å². The molecular formula is C13H14N2O4. The Hall–Kier alpha value is -2.21. The summed E-state index contributed by atoms with van der Waals surface area (Å²) in [5, 5.41) is 11.8. The fraction of sp³-hybridized carbons (Fsp3) is 0.308. The molecule has 2 unspecified atom stereocenters. The Kier molecular flexibility index (Phi) is 3.11. The second kappa shape index (κ2) is 4.47. The number of carboxylic acid groups (broad SMARTS) is 1. The largest absolute Gasteiger partial charge is 0.479 e. The average Bonchev–Trinajstić information content (AvgIpc) is 2.49. The lowest BCUT2D eigenvalue weighted by molar-refractivity contribution is -0.142. The summed E-state index contributed by atoms with van der Waals surface area (Å²) in [7, 11) is 0. The predicted octanol–water partition coefficient (Wildman–Crippen LogP) is 0.173. The van der Waals surface area contributed by atoms with Crippen molar-refractivity contribution in [2.75, 3.05) is 0 Å². The Bertz CT molecular complexity index is 570. The monoisotopic (exact) mass is 262 g/mol. The number of nitrogens with two attached hydrogens (primary N) is 1. The first-order valence-corrected chi connectivity index (χ1v) is 5.89. The number of amides is 1. The van der Waals surface area contributed by atoms with Crippen molar-refractivity contribution in [2.24, 2.45) is 5.73 Å². The van der Waals surface area contributed by atoms with Gasteiger partial charge in [-0.05, 0) is 12.5 Å². The summed E-state index contributed by atoms with van der Waals surface area (Å²) in [6.07, 6.45) is 0.244. The maximum atomic E-state index is 12.4. The fourth-order valence-electron chi connectivity index (χ4n) is 2.28. The van der Waals surface area contributed by atoms with E-state index in [1.165, 1.54) is 12.1 Å². The Balaban J connectivity index is 2.68. The van der Waals surface area contributed by atoms with Crippen molar-refractivity contribution in [3.05, 3.63) is 35.4 Å². The normalized spacial score (nSPS) is 26.3. The maximum absolute atomic E-state index is 12.4. The van der Waals surface area contributed by atoms with Gasteiger partial charge < -0.3 is 16.2 Å². The van der Waals surface area contributed by atoms with E-state index in [9.17, 15) is 19.5 Å². The minimum atomic E-state index is -2.14. The second-order valence-electron chi connectivity index (χ2n) is 4.48. The molecule has 1 heterocycles. The van der Waals surface area contributed by atoms with Crippen LogP contribution in [0, 0.1) is 0 Å². The summed E-state index contributed by atoms with van der Waals surface area (Å²) in [4.78, 5) is 35.9. The SMILES string of the molecule is CCC1NC(=O)c2ccccc2C(=O)C1(N)C(=O)O. The van der Waals surface area contributed by atoms with Gasteiger partial charge in [-0.2, -0.15) is 0 Å². The number of carboxylic acids is 1. The van der Waals surface area contributed by atoms with E-state index >= 15 is 0 Å². The number of carbonyl (C=O) groups is 3. The van der Waals surface area contributed by atoms with E-state index in [1.54, 1.807) is 19.1 Å². The van der Waals surface area contributed by atoms with Gasteiger partial charge in [-0.1, -0.05) is 25.1 Å². The molecule has 2 atom stereocenters. The van der Waals surface area contributed by atoms with Gasteiger partial charge in [-0.15, -0.1) is 0 Å². The van der Waals surface area contributed by atoms with Gasteiger partial charge in [0.25, 0.3) is 5.91 Å². The van der Waals surface area contributed by atoms with Gasteiger partial charge in [-0.3, -0.25) is 9.59 Å². The van der Waals surface area contributed by atoms with Gasteiger partial charge >= 0.3 is 5.97 Å². The molecule has 4 N–H and O–H groups in total.